The predicted molar refractivity (Wildman–Crippen MR) is 166 cm³/mol. The lowest BCUT2D eigenvalue weighted by molar-refractivity contribution is -0.259. The zero-order valence-electron chi connectivity index (χ0n) is 27.0. The fourth-order valence-corrected chi connectivity index (χ4v) is 5.05. The molecule has 1 N–H and O–H groups in total. The second-order valence-corrected chi connectivity index (χ2v) is 13.6. The quantitative estimate of drug-likeness (QED) is 0.103. The van der Waals surface area contributed by atoms with Crippen molar-refractivity contribution in [3.8, 4) is 5.75 Å². The summed E-state index contributed by atoms with van der Waals surface area (Å²) in [6, 6.07) is 3.92. The highest BCUT2D eigenvalue weighted by Gasteiger charge is 2.26. The van der Waals surface area contributed by atoms with Gasteiger partial charge in [0.2, 0.25) is 0 Å². The smallest absolute Gasteiger partial charge is 0.355 e. The fourth-order valence-electron chi connectivity index (χ4n) is 5.05. The minimum absolute atomic E-state index is 0.101. The van der Waals surface area contributed by atoms with E-state index in [1.54, 1.807) is 0 Å². The molecule has 0 unspecified atom stereocenters. The zero-order valence-corrected chi connectivity index (χ0v) is 27.0. The Hall–Kier alpha value is -2.04. The van der Waals surface area contributed by atoms with Crippen molar-refractivity contribution in [2.24, 2.45) is 0 Å². The van der Waals surface area contributed by atoms with Gasteiger partial charge in [0.15, 0.2) is 0 Å². The van der Waals surface area contributed by atoms with E-state index in [4.69, 9.17) is 9.78 Å². The van der Waals surface area contributed by atoms with Crippen LogP contribution in [0.2, 0.25) is 0 Å². The molecular formula is C35H60O5. The van der Waals surface area contributed by atoms with Gasteiger partial charge in [0.25, 0.3) is 0 Å². The molecule has 0 saturated carbocycles. The van der Waals surface area contributed by atoms with Crippen molar-refractivity contribution >= 4 is 11.9 Å². The molecule has 1 aromatic carbocycles. The van der Waals surface area contributed by atoms with Crippen molar-refractivity contribution in [3.05, 3.63) is 28.8 Å². The number of carbonyl (C=O) groups excluding carboxylic acids is 2. The third-order valence-corrected chi connectivity index (χ3v) is 7.62. The molecule has 0 fully saturated rings. The van der Waals surface area contributed by atoms with Crippen LogP contribution in [0.15, 0.2) is 12.1 Å². The number of aryl methyl sites for hydroxylation is 1. The van der Waals surface area contributed by atoms with Crippen LogP contribution in [0.25, 0.3) is 0 Å². The number of benzene rings is 1. The third-order valence-electron chi connectivity index (χ3n) is 7.62. The molecule has 0 radical (unpaired) electrons. The third kappa shape index (κ3) is 15.7. The first-order valence-electron chi connectivity index (χ1n) is 16.1. The maximum absolute atomic E-state index is 12.2. The first kappa shape index (κ1) is 36.0. The molecule has 0 aromatic heterocycles. The number of rotatable bonds is 19. The highest BCUT2D eigenvalue weighted by atomic mass is 17.2. The molecular weight excluding hydrogens is 500 g/mol. The molecule has 5 heteroatoms. The maximum Gasteiger partial charge on any atom is 0.355 e. The zero-order chi connectivity index (χ0) is 30.0. The Balaban J connectivity index is 2.18. The van der Waals surface area contributed by atoms with Crippen LogP contribution in [0.5, 0.6) is 5.75 Å². The van der Waals surface area contributed by atoms with Gasteiger partial charge in [-0.25, -0.2) is 19.4 Å². The first-order chi connectivity index (χ1) is 18.9. The van der Waals surface area contributed by atoms with Gasteiger partial charge in [-0.15, -0.1) is 0 Å². The summed E-state index contributed by atoms with van der Waals surface area (Å²) in [5.74, 6) is -0.732. The monoisotopic (exact) mass is 560 g/mol. The summed E-state index contributed by atoms with van der Waals surface area (Å²) in [6.45, 7) is 14.6. The second kappa shape index (κ2) is 19.1. The van der Waals surface area contributed by atoms with Crippen LogP contribution in [0.4, 0.5) is 0 Å². The van der Waals surface area contributed by atoms with Crippen molar-refractivity contribution in [1.29, 1.82) is 0 Å². The maximum atomic E-state index is 12.2. The summed E-state index contributed by atoms with van der Waals surface area (Å²) in [5, 5.41) is 10.9. The van der Waals surface area contributed by atoms with Crippen LogP contribution in [-0.4, -0.2) is 17.0 Å². The molecule has 1 aromatic rings. The molecule has 0 aliphatic heterocycles. The lowest BCUT2D eigenvalue weighted by Gasteiger charge is -2.28. The van der Waals surface area contributed by atoms with Crippen molar-refractivity contribution in [1.82, 2.24) is 0 Å². The largest absolute Gasteiger partial charge is 0.507 e. The average Bonchev–Trinajstić information content (AvgIpc) is 2.87. The van der Waals surface area contributed by atoms with Gasteiger partial charge in [-0.1, -0.05) is 150 Å². The molecule has 0 bridgehead atoms. The topological polar surface area (TPSA) is 72.8 Å². The summed E-state index contributed by atoms with van der Waals surface area (Å²) in [7, 11) is 0. The van der Waals surface area contributed by atoms with Crippen molar-refractivity contribution < 1.29 is 24.5 Å². The minimum Gasteiger partial charge on any atom is -0.507 e. The number of carbonyl (C=O) groups is 2. The van der Waals surface area contributed by atoms with Gasteiger partial charge in [0, 0.05) is 0 Å². The van der Waals surface area contributed by atoms with Crippen molar-refractivity contribution in [2.75, 3.05) is 0 Å². The average molecular weight is 561 g/mol. The highest BCUT2D eigenvalue weighted by Crippen LogP contribution is 2.40. The van der Waals surface area contributed by atoms with E-state index in [2.05, 4.69) is 48.5 Å². The normalized spacial score (nSPS) is 12.0. The standard InChI is InChI=1S/C35H60O5/c1-8-9-10-11-12-13-14-15-16-17-18-19-20-21-22-23-31(36)39-40-32(37)25-24-28-26-29(34(2,3)4)33(38)30(27-28)35(5,6)7/h26-27,38H,8-25H2,1-7H3. The Morgan fingerprint density at radius 2 is 0.950 bits per heavy atom. The predicted octanol–water partition coefficient (Wildman–Crippen LogP) is 10.2. The molecule has 0 atom stereocenters. The number of aromatic hydroxyl groups is 1. The van der Waals surface area contributed by atoms with Crippen LogP contribution < -0.4 is 0 Å². The lowest BCUT2D eigenvalue weighted by Crippen LogP contribution is -2.18. The Morgan fingerprint density at radius 1 is 0.600 bits per heavy atom. The van der Waals surface area contributed by atoms with Crippen molar-refractivity contribution in [3.63, 3.8) is 0 Å². The van der Waals surface area contributed by atoms with Crippen LogP contribution in [0, 0.1) is 0 Å². The lowest BCUT2D eigenvalue weighted by atomic mass is 9.78. The Bertz CT molecular complexity index is 825. The Labute approximate surface area is 245 Å². The Kier molecular flexibility index (Phi) is 17.2. The molecule has 1 rings (SSSR count). The van der Waals surface area contributed by atoms with E-state index in [0.29, 0.717) is 12.2 Å². The van der Waals surface area contributed by atoms with Crippen LogP contribution in [0.1, 0.15) is 174 Å². The SMILES string of the molecule is CCCCCCCCCCCCCCCCCC(=O)OOC(=O)CCc1cc(C(C)(C)C)c(O)c(C(C)(C)C)c1. The van der Waals surface area contributed by atoms with E-state index < -0.39 is 11.9 Å². The van der Waals surface area contributed by atoms with E-state index >= 15 is 0 Å². The summed E-state index contributed by atoms with van der Waals surface area (Å²) in [6.07, 6.45) is 19.9. The molecule has 0 heterocycles. The fraction of sp³-hybridized carbons (Fsp3) is 0.771. The van der Waals surface area contributed by atoms with Gasteiger partial charge in [0.1, 0.15) is 5.75 Å². The van der Waals surface area contributed by atoms with Crippen LogP contribution >= 0.6 is 0 Å². The van der Waals surface area contributed by atoms with Crippen molar-refractivity contribution in [2.45, 2.75) is 175 Å². The molecule has 230 valence electrons. The molecule has 40 heavy (non-hydrogen) atoms. The van der Waals surface area contributed by atoms with E-state index in [1.807, 2.05) is 12.1 Å². The van der Waals surface area contributed by atoms with E-state index in [9.17, 15) is 14.7 Å². The van der Waals surface area contributed by atoms with Gasteiger partial charge in [-0.05, 0) is 40.4 Å². The number of hydrogen-bond acceptors (Lipinski definition) is 5. The van der Waals surface area contributed by atoms with Gasteiger partial charge >= 0.3 is 11.9 Å². The molecule has 0 aliphatic carbocycles. The highest BCUT2D eigenvalue weighted by molar-refractivity contribution is 5.73. The van der Waals surface area contributed by atoms with E-state index in [-0.39, 0.29) is 23.7 Å². The second-order valence-electron chi connectivity index (χ2n) is 13.6. The van der Waals surface area contributed by atoms with Gasteiger partial charge in [-0.3, -0.25) is 0 Å². The minimum atomic E-state index is -0.562. The number of hydrogen-bond donors (Lipinski definition) is 1. The number of unbranched alkanes of at least 4 members (excludes halogenated alkanes) is 14. The molecule has 0 spiro atoms. The first-order valence-corrected chi connectivity index (χ1v) is 16.1. The summed E-state index contributed by atoms with van der Waals surface area (Å²) in [5.41, 5.74) is 2.21. The van der Waals surface area contributed by atoms with Gasteiger partial charge in [0.05, 0.1) is 12.8 Å². The Morgan fingerprint density at radius 3 is 1.32 bits per heavy atom. The molecule has 0 saturated heterocycles. The summed E-state index contributed by atoms with van der Waals surface area (Å²) < 4.78 is 0. The van der Waals surface area contributed by atoms with Gasteiger partial charge < -0.3 is 5.11 Å². The van der Waals surface area contributed by atoms with Gasteiger partial charge in [-0.2, -0.15) is 0 Å². The van der Waals surface area contributed by atoms with Crippen LogP contribution in [0.3, 0.4) is 0 Å². The molecule has 5 nitrogen and oxygen atoms in total. The summed E-state index contributed by atoms with van der Waals surface area (Å²) >= 11 is 0. The van der Waals surface area contributed by atoms with Crippen LogP contribution in [-0.2, 0) is 36.6 Å². The number of phenols is 1. The number of phenolic OH excluding ortho intramolecular Hbond substituents is 1. The molecule has 0 amide bonds. The molecule has 0 aliphatic rings. The van der Waals surface area contributed by atoms with E-state index in [1.165, 1.54) is 77.0 Å². The van der Waals surface area contributed by atoms with E-state index in [0.717, 1.165) is 36.0 Å². The summed E-state index contributed by atoms with van der Waals surface area (Å²) in [4.78, 5) is 33.7.